The Labute approximate surface area is 115 Å². The van der Waals surface area contributed by atoms with Gasteiger partial charge in [-0.2, -0.15) is 0 Å². The fourth-order valence-corrected chi connectivity index (χ4v) is 2.81. The summed E-state index contributed by atoms with van der Waals surface area (Å²) in [4.78, 5) is 12.1. The van der Waals surface area contributed by atoms with Gasteiger partial charge in [-0.25, -0.2) is 0 Å². The van der Waals surface area contributed by atoms with Gasteiger partial charge in [0.25, 0.3) is 0 Å². The molecule has 1 atom stereocenters. The quantitative estimate of drug-likeness (QED) is 0.849. The second-order valence-corrected chi connectivity index (χ2v) is 5.23. The molecule has 0 aliphatic heterocycles. The molecular formula is C14H11ClO2S. The average molecular weight is 279 g/mol. The zero-order valence-corrected chi connectivity index (χ0v) is 11.0. The molecule has 1 N–H and O–H groups in total. The Morgan fingerprint density at radius 1 is 1.06 bits per heavy atom. The Morgan fingerprint density at radius 3 is 2.28 bits per heavy atom. The molecule has 0 spiro atoms. The molecule has 0 radical (unpaired) electrons. The van der Waals surface area contributed by atoms with Crippen molar-refractivity contribution in [3.63, 3.8) is 0 Å². The molecule has 4 heteroatoms. The first-order valence-electron chi connectivity index (χ1n) is 5.37. The lowest BCUT2D eigenvalue weighted by Gasteiger charge is -2.13. The van der Waals surface area contributed by atoms with Crippen molar-refractivity contribution >= 4 is 29.3 Å². The van der Waals surface area contributed by atoms with E-state index in [1.165, 1.54) is 11.8 Å². The fraction of sp³-hybridized carbons (Fsp3) is 0.0714. The molecule has 2 rings (SSSR count). The van der Waals surface area contributed by atoms with Gasteiger partial charge in [0.15, 0.2) is 0 Å². The molecule has 0 saturated carbocycles. The van der Waals surface area contributed by atoms with Gasteiger partial charge in [-0.3, -0.25) is 4.79 Å². The lowest BCUT2D eigenvalue weighted by Crippen LogP contribution is -2.07. The van der Waals surface area contributed by atoms with Crippen molar-refractivity contribution in [2.24, 2.45) is 0 Å². The van der Waals surface area contributed by atoms with Gasteiger partial charge < -0.3 is 5.11 Å². The third-order valence-electron chi connectivity index (χ3n) is 2.41. The lowest BCUT2D eigenvalue weighted by molar-refractivity contribution is -0.136. The highest BCUT2D eigenvalue weighted by Crippen LogP contribution is 2.38. The van der Waals surface area contributed by atoms with E-state index in [-0.39, 0.29) is 0 Å². The number of benzene rings is 2. The first-order chi connectivity index (χ1) is 8.68. The fourth-order valence-electron chi connectivity index (χ4n) is 1.56. The standard InChI is InChI=1S/C14H11ClO2S/c15-11-8-4-5-9-12(11)18-13(14(16)17)10-6-2-1-3-7-10/h1-9,13H,(H,16,17). The molecule has 0 bridgehead atoms. The minimum absolute atomic E-state index is 0.574. The smallest absolute Gasteiger partial charge is 0.321 e. The molecule has 0 fully saturated rings. The molecule has 0 amide bonds. The first-order valence-corrected chi connectivity index (χ1v) is 6.63. The summed E-state index contributed by atoms with van der Waals surface area (Å²) < 4.78 is 0. The summed E-state index contributed by atoms with van der Waals surface area (Å²) in [6.45, 7) is 0. The van der Waals surface area contributed by atoms with Crippen LogP contribution in [0.2, 0.25) is 5.02 Å². The van der Waals surface area contributed by atoms with Gasteiger partial charge in [0.2, 0.25) is 0 Å². The van der Waals surface area contributed by atoms with Gasteiger partial charge in [0, 0.05) is 4.90 Å². The van der Waals surface area contributed by atoms with Crippen LogP contribution in [0.15, 0.2) is 59.5 Å². The first kappa shape index (κ1) is 13.0. The van der Waals surface area contributed by atoms with Crippen LogP contribution in [0.5, 0.6) is 0 Å². The Morgan fingerprint density at radius 2 is 1.67 bits per heavy atom. The number of carbonyl (C=O) groups is 1. The minimum atomic E-state index is -0.869. The van der Waals surface area contributed by atoms with Crippen LogP contribution < -0.4 is 0 Å². The maximum Gasteiger partial charge on any atom is 0.321 e. The third kappa shape index (κ3) is 3.06. The maximum atomic E-state index is 11.4. The Hall–Kier alpha value is -1.45. The Bertz CT molecular complexity index is 543. The van der Waals surface area contributed by atoms with Gasteiger partial charge in [-0.1, -0.05) is 54.1 Å². The van der Waals surface area contributed by atoms with Crippen molar-refractivity contribution < 1.29 is 9.90 Å². The molecule has 0 aliphatic rings. The second kappa shape index (κ2) is 5.94. The largest absolute Gasteiger partial charge is 0.480 e. The van der Waals surface area contributed by atoms with Crippen LogP contribution in [0.1, 0.15) is 10.8 Å². The monoisotopic (exact) mass is 278 g/mol. The van der Waals surface area contributed by atoms with Crippen molar-refractivity contribution in [3.8, 4) is 0 Å². The molecule has 18 heavy (non-hydrogen) atoms. The zero-order valence-electron chi connectivity index (χ0n) is 9.42. The number of aliphatic carboxylic acids is 1. The van der Waals surface area contributed by atoms with E-state index in [2.05, 4.69) is 0 Å². The molecule has 0 aromatic heterocycles. The van der Waals surface area contributed by atoms with Crippen LogP contribution in [-0.4, -0.2) is 11.1 Å². The van der Waals surface area contributed by atoms with Crippen LogP contribution in [-0.2, 0) is 4.79 Å². The molecule has 92 valence electrons. The van der Waals surface area contributed by atoms with E-state index in [0.29, 0.717) is 5.02 Å². The highest BCUT2D eigenvalue weighted by Gasteiger charge is 2.21. The molecule has 0 saturated heterocycles. The van der Waals surface area contributed by atoms with Crippen LogP contribution in [0.3, 0.4) is 0 Å². The number of carboxylic acids is 1. The Kier molecular flexibility index (Phi) is 4.28. The van der Waals surface area contributed by atoms with E-state index in [0.717, 1.165) is 10.5 Å². The highest BCUT2D eigenvalue weighted by molar-refractivity contribution is 8.00. The molecule has 2 aromatic carbocycles. The van der Waals surface area contributed by atoms with Gasteiger partial charge >= 0.3 is 5.97 Å². The third-order valence-corrected chi connectivity index (χ3v) is 4.17. The number of rotatable bonds is 4. The summed E-state index contributed by atoms with van der Waals surface area (Å²) in [6, 6.07) is 16.4. The molecular weight excluding hydrogens is 268 g/mol. The van der Waals surface area contributed by atoms with Crippen LogP contribution in [0, 0.1) is 0 Å². The minimum Gasteiger partial charge on any atom is -0.480 e. The van der Waals surface area contributed by atoms with E-state index < -0.39 is 11.2 Å². The summed E-state index contributed by atoms with van der Waals surface area (Å²) in [7, 11) is 0. The average Bonchev–Trinajstić information content (AvgIpc) is 2.38. The van der Waals surface area contributed by atoms with Gasteiger partial charge in [-0.15, -0.1) is 11.8 Å². The summed E-state index contributed by atoms with van der Waals surface area (Å²) in [6.07, 6.45) is 0. The maximum absolute atomic E-state index is 11.4. The van der Waals surface area contributed by atoms with Crippen molar-refractivity contribution in [1.82, 2.24) is 0 Å². The van der Waals surface area contributed by atoms with Gasteiger partial charge in [0.05, 0.1) is 5.02 Å². The summed E-state index contributed by atoms with van der Waals surface area (Å²) in [5, 5.41) is 9.24. The van der Waals surface area contributed by atoms with Crippen molar-refractivity contribution in [2.75, 3.05) is 0 Å². The second-order valence-electron chi connectivity index (χ2n) is 3.68. The zero-order chi connectivity index (χ0) is 13.0. The van der Waals surface area contributed by atoms with E-state index in [1.807, 2.05) is 48.5 Å². The molecule has 0 aliphatic carbocycles. The van der Waals surface area contributed by atoms with E-state index in [9.17, 15) is 9.90 Å². The number of carboxylic acid groups (broad SMARTS) is 1. The molecule has 1 unspecified atom stereocenters. The van der Waals surface area contributed by atoms with E-state index in [1.54, 1.807) is 6.07 Å². The van der Waals surface area contributed by atoms with Crippen molar-refractivity contribution in [3.05, 3.63) is 65.2 Å². The summed E-state index contributed by atoms with van der Waals surface area (Å²) in [5.41, 5.74) is 0.759. The summed E-state index contributed by atoms with van der Waals surface area (Å²) >= 11 is 7.29. The lowest BCUT2D eigenvalue weighted by atomic mass is 10.1. The van der Waals surface area contributed by atoms with Crippen molar-refractivity contribution in [1.29, 1.82) is 0 Å². The highest BCUT2D eigenvalue weighted by atomic mass is 35.5. The number of hydrogen-bond donors (Lipinski definition) is 1. The predicted molar refractivity (Wildman–Crippen MR) is 74.1 cm³/mol. The predicted octanol–water partition coefficient (Wildman–Crippen LogP) is 4.26. The number of halogens is 1. The topological polar surface area (TPSA) is 37.3 Å². The van der Waals surface area contributed by atoms with Crippen LogP contribution in [0.25, 0.3) is 0 Å². The summed E-state index contributed by atoms with van der Waals surface area (Å²) in [5.74, 6) is -0.869. The van der Waals surface area contributed by atoms with Crippen LogP contribution >= 0.6 is 23.4 Å². The molecule has 2 nitrogen and oxygen atoms in total. The molecule has 2 aromatic rings. The van der Waals surface area contributed by atoms with Gasteiger partial charge in [0.1, 0.15) is 5.25 Å². The number of thioether (sulfide) groups is 1. The van der Waals surface area contributed by atoms with Crippen LogP contribution in [0.4, 0.5) is 0 Å². The number of hydrogen-bond acceptors (Lipinski definition) is 2. The van der Waals surface area contributed by atoms with Gasteiger partial charge in [-0.05, 0) is 17.7 Å². The van der Waals surface area contributed by atoms with E-state index >= 15 is 0 Å². The van der Waals surface area contributed by atoms with E-state index in [4.69, 9.17) is 11.6 Å². The molecule has 0 heterocycles. The Balaban J connectivity index is 2.28. The van der Waals surface area contributed by atoms with Crippen molar-refractivity contribution in [2.45, 2.75) is 10.1 Å². The SMILES string of the molecule is O=C(O)C(Sc1ccccc1Cl)c1ccccc1. The normalized spacial score (nSPS) is 12.1.